The molecule has 3 heterocycles. The highest BCUT2D eigenvalue weighted by Gasteiger charge is 2.48. The van der Waals surface area contributed by atoms with Gasteiger partial charge in [0.25, 0.3) is 0 Å². The quantitative estimate of drug-likeness (QED) is 0.828. The van der Waals surface area contributed by atoms with E-state index in [1.807, 2.05) is 27.7 Å². The van der Waals surface area contributed by atoms with Crippen LogP contribution in [-0.4, -0.2) is 28.7 Å². The topological polar surface area (TPSA) is 63.2 Å². The Morgan fingerprint density at radius 3 is 2.44 bits per heavy atom. The van der Waals surface area contributed by atoms with E-state index in [9.17, 15) is 8.42 Å². The second-order valence-corrected chi connectivity index (χ2v) is 9.08. The van der Waals surface area contributed by atoms with Gasteiger partial charge in [-0.15, -0.1) is 0 Å². The number of rotatable bonds is 2. The normalized spacial score (nSPS) is 22.9. The van der Waals surface area contributed by atoms with E-state index in [2.05, 4.69) is 16.0 Å². The first-order chi connectivity index (χ1) is 11.8. The van der Waals surface area contributed by atoms with Crippen molar-refractivity contribution < 1.29 is 8.42 Å². The predicted molar refractivity (Wildman–Crippen MR) is 95.9 cm³/mol. The summed E-state index contributed by atoms with van der Waals surface area (Å²) in [5.41, 5.74) is 5.74. The van der Waals surface area contributed by atoms with Crippen LogP contribution < -0.4 is 0 Å². The lowest BCUT2D eigenvalue weighted by Gasteiger charge is -2.35. The summed E-state index contributed by atoms with van der Waals surface area (Å²) in [6.07, 6.45) is 5.74. The number of aromatic nitrogens is 2. The minimum absolute atomic E-state index is 0.00276. The second-order valence-electron chi connectivity index (χ2n) is 7.30. The number of benzene rings is 1. The van der Waals surface area contributed by atoms with Crippen molar-refractivity contribution in [2.45, 2.75) is 63.9 Å². The summed E-state index contributed by atoms with van der Waals surface area (Å²) in [7, 11) is -3.57. The van der Waals surface area contributed by atoms with Crippen molar-refractivity contribution in [1.82, 2.24) is 14.3 Å². The number of nitrogens with zero attached hydrogens (tertiary/aromatic N) is 3. The molecule has 0 amide bonds. The van der Waals surface area contributed by atoms with Gasteiger partial charge in [0.05, 0.1) is 16.6 Å². The fraction of sp³-hybridized carbons (Fsp3) is 0.474. The van der Waals surface area contributed by atoms with E-state index < -0.39 is 10.0 Å². The van der Waals surface area contributed by atoms with E-state index in [0.29, 0.717) is 11.3 Å². The number of hydrogen-bond acceptors (Lipinski definition) is 4. The highest BCUT2D eigenvalue weighted by Crippen LogP contribution is 2.46. The van der Waals surface area contributed by atoms with Crippen LogP contribution in [0.15, 0.2) is 23.5 Å². The minimum atomic E-state index is -3.57. The summed E-state index contributed by atoms with van der Waals surface area (Å²) < 4.78 is 29.1. The van der Waals surface area contributed by atoms with E-state index in [4.69, 9.17) is 0 Å². The van der Waals surface area contributed by atoms with Crippen LogP contribution >= 0.6 is 0 Å². The molecule has 2 atom stereocenters. The Morgan fingerprint density at radius 1 is 1.08 bits per heavy atom. The molecule has 1 aromatic carbocycles. The summed E-state index contributed by atoms with van der Waals surface area (Å²) in [5, 5.41) is 0. The lowest BCUT2D eigenvalue weighted by atomic mass is 10.0. The van der Waals surface area contributed by atoms with Gasteiger partial charge in [-0.05, 0) is 62.8 Å². The molecule has 25 heavy (non-hydrogen) atoms. The Bertz CT molecular complexity index is 943. The summed E-state index contributed by atoms with van der Waals surface area (Å²) in [6.45, 7) is 7.79. The molecule has 132 valence electrons. The molecule has 1 saturated heterocycles. The van der Waals surface area contributed by atoms with Crippen molar-refractivity contribution >= 4 is 10.0 Å². The average molecular weight is 357 g/mol. The number of fused-ring (bicyclic) bond motifs is 4. The van der Waals surface area contributed by atoms with Gasteiger partial charge in [-0.1, -0.05) is 6.07 Å². The van der Waals surface area contributed by atoms with Crippen molar-refractivity contribution in [3.8, 4) is 0 Å². The fourth-order valence-corrected chi connectivity index (χ4v) is 6.85. The molecule has 2 aliphatic heterocycles. The van der Waals surface area contributed by atoms with Gasteiger partial charge in [0.2, 0.25) is 10.0 Å². The van der Waals surface area contributed by atoms with Crippen LogP contribution in [0.2, 0.25) is 0 Å². The SMILES string of the molecule is Cc1cc(C)c(C)c(S(=O)(=O)N2C3CCC2c2cncnc2C3)c1C. The Balaban J connectivity index is 1.89. The first kappa shape index (κ1) is 16.7. The molecule has 0 spiro atoms. The zero-order valence-corrected chi connectivity index (χ0v) is 15.9. The minimum Gasteiger partial charge on any atom is -0.244 e. The van der Waals surface area contributed by atoms with Gasteiger partial charge in [-0.25, -0.2) is 18.4 Å². The summed E-state index contributed by atoms with van der Waals surface area (Å²) >= 11 is 0. The molecule has 1 aromatic heterocycles. The Labute approximate surface area is 149 Å². The lowest BCUT2D eigenvalue weighted by Crippen LogP contribution is -2.42. The number of sulfonamides is 1. The summed E-state index contributed by atoms with van der Waals surface area (Å²) in [4.78, 5) is 9.00. The molecule has 0 saturated carbocycles. The van der Waals surface area contributed by atoms with Crippen LogP contribution in [0.4, 0.5) is 0 Å². The zero-order chi connectivity index (χ0) is 17.9. The average Bonchev–Trinajstić information content (AvgIpc) is 2.90. The van der Waals surface area contributed by atoms with Crippen molar-refractivity contribution in [2.24, 2.45) is 0 Å². The van der Waals surface area contributed by atoms with Crippen LogP contribution in [0.5, 0.6) is 0 Å². The standard InChI is InChI=1S/C19H23N3O2S/c1-11-7-12(2)14(4)19(13(11)3)25(23,24)22-15-5-6-18(22)16-9-20-10-21-17(16)8-15/h7,9-10,15,18H,5-6,8H2,1-4H3. The molecule has 2 aliphatic rings. The lowest BCUT2D eigenvalue weighted by molar-refractivity contribution is 0.300. The third kappa shape index (κ3) is 2.34. The first-order valence-electron chi connectivity index (χ1n) is 8.72. The maximum absolute atomic E-state index is 13.7. The molecular formula is C19H23N3O2S. The van der Waals surface area contributed by atoms with Crippen LogP contribution in [0, 0.1) is 27.7 Å². The molecule has 5 nitrogen and oxygen atoms in total. The molecule has 0 radical (unpaired) electrons. The molecule has 2 unspecified atom stereocenters. The Kier molecular flexibility index (Phi) is 3.74. The Morgan fingerprint density at radius 2 is 1.76 bits per heavy atom. The zero-order valence-electron chi connectivity index (χ0n) is 15.1. The van der Waals surface area contributed by atoms with Gasteiger partial charge in [0, 0.05) is 24.2 Å². The molecule has 0 N–H and O–H groups in total. The van der Waals surface area contributed by atoms with Crippen molar-refractivity contribution in [3.63, 3.8) is 0 Å². The predicted octanol–water partition coefficient (Wildman–Crippen LogP) is 3.16. The van der Waals surface area contributed by atoms with Gasteiger partial charge < -0.3 is 0 Å². The summed E-state index contributed by atoms with van der Waals surface area (Å²) in [6, 6.07) is 1.93. The fourth-order valence-electron chi connectivity index (χ4n) is 4.42. The van der Waals surface area contributed by atoms with Gasteiger partial charge in [0.15, 0.2) is 0 Å². The van der Waals surface area contributed by atoms with Crippen LogP contribution in [0.3, 0.4) is 0 Å². The maximum atomic E-state index is 13.7. The third-order valence-corrected chi connectivity index (χ3v) is 8.12. The van der Waals surface area contributed by atoms with E-state index in [1.54, 1.807) is 16.8 Å². The van der Waals surface area contributed by atoms with E-state index >= 15 is 0 Å². The molecule has 6 heteroatoms. The second kappa shape index (κ2) is 5.61. The molecule has 0 aliphatic carbocycles. The Hall–Kier alpha value is -1.79. The molecule has 2 aromatic rings. The van der Waals surface area contributed by atoms with Gasteiger partial charge >= 0.3 is 0 Å². The van der Waals surface area contributed by atoms with Crippen LogP contribution in [-0.2, 0) is 16.4 Å². The highest BCUT2D eigenvalue weighted by molar-refractivity contribution is 7.89. The first-order valence-corrected chi connectivity index (χ1v) is 10.2. The number of aryl methyl sites for hydroxylation is 2. The molecule has 1 fully saturated rings. The van der Waals surface area contributed by atoms with E-state index in [0.717, 1.165) is 46.4 Å². The van der Waals surface area contributed by atoms with Crippen molar-refractivity contribution in [3.05, 3.63) is 52.1 Å². The number of hydrogen-bond donors (Lipinski definition) is 0. The monoisotopic (exact) mass is 357 g/mol. The highest BCUT2D eigenvalue weighted by atomic mass is 32.2. The van der Waals surface area contributed by atoms with Gasteiger partial charge in [-0.3, -0.25) is 0 Å². The van der Waals surface area contributed by atoms with Crippen molar-refractivity contribution in [1.29, 1.82) is 0 Å². The van der Waals surface area contributed by atoms with Gasteiger partial charge in [0.1, 0.15) is 6.33 Å². The smallest absolute Gasteiger partial charge is 0.244 e. The molecule has 2 bridgehead atoms. The van der Waals surface area contributed by atoms with Gasteiger partial charge in [-0.2, -0.15) is 4.31 Å². The molecular weight excluding hydrogens is 334 g/mol. The summed E-state index contributed by atoms with van der Waals surface area (Å²) in [5.74, 6) is 0. The maximum Gasteiger partial charge on any atom is 0.244 e. The van der Waals surface area contributed by atoms with Crippen molar-refractivity contribution in [2.75, 3.05) is 0 Å². The van der Waals surface area contributed by atoms with E-state index in [1.165, 1.54) is 0 Å². The third-order valence-electron chi connectivity index (χ3n) is 5.89. The molecule has 4 rings (SSSR count). The van der Waals surface area contributed by atoms with E-state index in [-0.39, 0.29) is 12.1 Å². The van der Waals surface area contributed by atoms with Crippen LogP contribution in [0.1, 0.15) is 52.4 Å². The van der Waals surface area contributed by atoms with Crippen LogP contribution in [0.25, 0.3) is 0 Å². The largest absolute Gasteiger partial charge is 0.244 e.